The number of carbonyl (C=O) groups excluding carboxylic acids is 2. The second kappa shape index (κ2) is 8.41. The molecule has 2 amide bonds. The van der Waals surface area contributed by atoms with Crippen LogP contribution >= 0.6 is 0 Å². The first-order valence-electron chi connectivity index (χ1n) is 7.95. The highest BCUT2D eigenvalue weighted by Crippen LogP contribution is 2.15. The molecule has 7 heteroatoms. The van der Waals surface area contributed by atoms with Crippen LogP contribution in [0.4, 0.5) is 8.78 Å². The molecule has 1 unspecified atom stereocenters. The maximum Gasteiger partial charge on any atom is 0.254 e. The minimum atomic E-state index is -0.919. The maximum atomic E-state index is 13.5. The van der Waals surface area contributed by atoms with Gasteiger partial charge in [0, 0.05) is 19.0 Å². The predicted octanol–water partition coefficient (Wildman–Crippen LogP) is 3.25. The quantitative estimate of drug-likeness (QED) is 0.753. The van der Waals surface area contributed by atoms with Crippen LogP contribution in [-0.2, 0) is 4.79 Å². The zero-order chi connectivity index (χ0) is 18.4. The van der Waals surface area contributed by atoms with Crippen molar-refractivity contribution >= 4 is 11.8 Å². The summed E-state index contributed by atoms with van der Waals surface area (Å²) in [4.78, 5) is 23.7. The number of halogens is 2. The Hall–Kier alpha value is -2.70. The first-order chi connectivity index (χ1) is 11.9. The van der Waals surface area contributed by atoms with E-state index in [0.717, 1.165) is 17.9 Å². The van der Waals surface area contributed by atoms with E-state index < -0.39 is 17.5 Å². The Kier molecular flexibility index (Phi) is 6.27. The van der Waals surface area contributed by atoms with Crippen LogP contribution < -0.4 is 10.6 Å². The molecule has 1 atom stereocenters. The van der Waals surface area contributed by atoms with Crippen molar-refractivity contribution in [1.29, 1.82) is 0 Å². The monoisotopic (exact) mass is 350 g/mol. The highest BCUT2D eigenvalue weighted by Gasteiger charge is 2.14. The highest BCUT2D eigenvalue weighted by atomic mass is 19.1. The molecular weight excluding hydrogens is 330 g/mol. The Balaban J connectivity index is 1.71. The number of hydrogen-bond donors (Lipinski definition) is 2. The van der Waals surface area contributed by atoms with Gasteiger partial charge in [0.1, 0.15) is 23.2 Å². The minimum Gasteiger partial charge on any atom is -0.464 e. The standard InChI is InChI=1S/C18H20F2N2O3/c1-11-5-8-16(25-11)12(2)22-17(23)4-3-9-21-18(24)14-7-6-13(19)10-15(14)20/h5-8,10,12H,3-4,9H2,1-2H3,(H,21,24)(H,22,23). The van der Waals surface area contributed by atoms with Gasteiger partial charge in [-0.1, -0.05) is 0 Å². The SMILES string of the molecule is Cc1ccc(C(C)NC(=O)CCCNC(=O)c2ccc(F)cc2F)o1. The Bertz CT molecular complexity index is 759. The summed E-state index contributed by atoms with van der Waals surface area (Å²) in [6.45, 7) is 3.84. The Labute approximate surface area is 144 Å². The molecular formula is C18H20F2N2O3. The molecule has 0 fully saturated rings. The van der Waals surface area contributed by atoms with E-state index in [-0.39, 0.29) is 30.5 Å². The number of aryl methyl sites for hydroxylation is 1. The third kappa shape index (κ3) is 5.41. The largest absolute Gasteiger partial charge is 0.464 e. The summed E-state index contributed by atoms with van der Waals surface area (Å²) in [7, 11) is 0. The molecule has 134 valence electrons. The molecule has 1 heterocycles. The highest BCUT2D eigenvalue weighted by molar-refractivity contribution is 5.94. The van der Waals surface area contributed by atoms with Gasteiger partial charge in [0.15, 0.2) is 0 Å². The molecule has 0 saturated heterocycles. The molecule has 1 aromatic carbocycles. The fourth-order valence-corrected chi connectivity index (χ4v) is 2.29. The maximum absolute atomic E-state index is 13.5. The summed E-state index contributed by atoms with van der Waals surface area (Å²) in [6.07, 6.45) is 0.598. The van der Waals surface area contributed by atoms with E-state index >= 15 is 0 Å². The number of furan rings is 1. The van der Waals surface area contributed by atoms with Crippen LogP contribution in [0, 0.1) is 18.6 Å². The van der Waals surface area contributed by atoms with E-state index in [9.17, 15) is 18.4 Å². The Morgan fingerprint density at radius 3 is 2.60 bits per heavy atom. The van der Waals surface area contributed by atoms with Crippen molar-refractivity contribution in [3.8, 4) is 0 Å². The van der Waals surface area contributed by atoms with Gasteiger partial charge in [0.05, 0.1) is 11.6 Å². The fraction of sp³-hybridized carbons (Fsp3) is 0.333. The molecule has 0 aliphatic heterocycles. The zero-order valence-corrected chi connectivity index (χ0v) is 14.1. The second-order valence-electron chi connectivity index (χ2n) is 5.72. The van der Waals surface area contributed by atoms with Crippen molar-refractivity contribution in [3.05, 3.63) is 59.1 Å². The number of amides is 2. The van der Waals surface area contributed by atoms with Gasteiger partial charge in [-0.3, -0.25) is 9.59 Å². The topological polar surface area (TPSA) is 71.3 Å². The zero-order valence-electron chi connectivity index (χ0n) is 14.1. The van der Waals surface area contributed by atoms with Gasteiger partial charge in [-0.15, -0.1) is 0 Å². The lowest BCUT2D eigenvalue weighted by Gasteiger charge is -2.11. The van der Waals surface area contributed by atoms with Crippen molar-refractivity contribution in [2.24, 2.45) is 0 Å². The molecule has 0 aliphatic rings. The Morgan fingerprint density at radius 2 is 1.96 bits per heavy atom. The van der Waals surface area contributed by atoms with Crippen LogP contribution in [-0.4, -0.2) is 18.4 Å². The molecule has 0 aliphatic carbocycles. The predicted molar refractivity (Wildman–Crippen MR) is 87.9 cm³/mol. The van der Waals surface area contributed by atoms with Gasteiger partial charge in [-0.25, -0.2) is 8.78 Å². The molecule has 2 aromatic rings. The van der Waals surface area contributed by atoms with Crippen molar-refractivity contribution in [2.45, 2.75) is 32.7 Å². The molecule has 0 radical (unpaired) electrons. The molecule has 0 bridgehead atoms. The number of benzene rings is 1. The molecule has 25 heavy (non-hydrogen) atoms. The summed E-state index contributed by atoms with van der Waals surface area (Å²) in [5.41, 5.74) is -0.229. The second-order valence-corrected chi connectivity index (χ2v) is 5.72. The molecule has 1 aromatic heterocycles. The lowest BCUT2D eigenvalue weighted by atomic mass is 10.2. The van der Waals surface area contributed by atoms with Gasteiger partial charge in [0.25, 0.3) is 5.91 Å². The van der Waals surface area contributed by atoms with Gasteiger partial charge in [-0.05, 0) is 44.5 Å². The van der Waals surface area contributed by atoms with E-state index in [2.05, 4.69) is 10.6 Å². The molecule has 2 rings (SSSR count). The number of rotatable bonds is 7. The average molecular weight is 350 g/mol. The van der Waals surface area contributed by atoms with E-state index in [4.69, 9.17) is 4.42 Å². The smallest absolute Gasteiger partial charge is 0.254 e. The molecule has 0 saturated carbocycles. The van der Waals surface area contributed by atoms with Gasteiger partial charge in [0.2, 0.25) is 5.91 Å². The van der Waals surface area contributed by atoms with E-state index in [1.165, 1.54) is 0 Å². The number of carbonyl (C=O) groups is 2. The average Bonchev–Trinajstić information content (AvgIpc) is 2.98. The fourth-order valence-electron chi connectivity index (χ4n) is 2.29. The normalized spacial score (nSPS) is 11.8. The lowest BCUT2D eigenvalue weighted by Crippen LogP contribution is -2.29. The Morgan fingerprint density at radius 1 is 1.20 bits per heavy atom. The molecule has 5 nitrogen and oxygen atoms in total. The van der Waals surface area contributed by atoms with Crippen molar-refractivity contribution in [3.63, 3.8) is 0 Å². The van der Waals surface area contributed by atoms with Crippen LogP contribution in [0.3, 0.4) is 0 Å². The summed E-state index contributed by atoms with van der Waals surface area (Å²) < 4.78 is 31.7. The van der Waals surface area contributed by atoms with Crippen LogP contribution in [0.15, 0.2) is 34.7 Å². The van der Waals surface area contributed by atoms with Crippen LogP contribution in [0.2, 0.25) is 0 Å². The summed E-state index contributed by atoms with van der Waals surface area (Å²) in [5, 5.41) is 5.30. The van der Waals surface area contributed by atoms with Crippen LogP contribution in [0.1, 0.15) is 47.7 Å². The van der Waals surface area contributed by atoms with Crippen molar-refractivity contribution < 1.29 is 22.8 Å². The number of nitrogens with one attached hydrogen (secondary N) is 2. The van der Waals surface area contributed by atoms with Crippen LogP contribution in [0.5, 0.6) is 0 Å². The third-order valence-corrected chi connectivity index (χ3v) is 3.61. The van der Waals surface area contributed by atoms with E-state index in [1.54, 1.807) is 6.07 Å². The van der Waals surface area contributed by atoms with E-state index in [0.29, 0.717) is 18.2 Å². The van der Waals surface area contributed by atoms with E-state index in [1.807, 2.05) is 19.9 Å². The van der Waals surface area contributed by atoms with Gasteiger partial charge in [-0.2, -0.15) is 0 Å². The van der Waals surface area contributed by atoms with Gasteiger partial charge < -0.3 is 15.1 Å². The summed E-state index contributed by atoms with van der Waals surface area (Å²) in [6, 6.07) is 6.13. The van der Waals surface area contributed by atoms with Crippen molar-refractivity contribution in [1.82, 2.24) is 10.6 Å². The number of hydrogen-bond acceptors (Lipinski definition) is 3. The minimum absolute atomic E-state index is 0.177. The van der Waals surface area contributed by atoms with Crippen molar-refractivity contribution in [2.75, 3.05) is 6.54 Å². The van der Waals surface area contributed by atoms with Gasteiger partial charge >= 0.3 is 0 Å². The first-order valence-corrected chi connectivity index (χ1v) is 7.95. The molecule has 0 spiro atoms. The first kappa shape index (κ1) is 18.6. The third-order valence-electron chi connectivity index (χ3n) is 3.61. The lowest BCUT2D eigenvalue weighted by molar-refractivity contribution is -0.121. The molecule has 2 N–H and O–H groups in total. The van der Waals surface area contributed by atoms with Crippen LogP contribution in [0.25, 0.3) is 0 Å². The summed E-state index contributed by atoms with van der Waals surface area (Å²) >= 11 is 0. The summed E-state index contributed by atoms with van der Waals surface area (Å²) in [5.74, 6) is -1.04.